The van der Waals surface area contributed by atoms with Gasteiger partial charge in [-0.15, -0.1) is 11.3 Å². The second kappa shape index (κ2) is 10.1. The minimum absolute atomic E-state index is 0.175. The monoisotopic (exact) mass is 530 g/mol. The molecular formula is C29H23ClN2O4S. The number of fused-ring (bicyclic) bond motifs is 1. The summed E-state index contributed by atoms with van der Waals surface area (Å²) in [5, 5.41) is 1.34. The minimum atomic E-state index is -0.175. The highest BCUT2D eigenvalue weighted by Gasteiger charge is 2.23. The van der Waals surface area contributed by atoms with Crippen LogP contribution in [-0.4, -0.2) is 32.1 Å². The highest BCUT2D eigenvalue weighted by molar-refractivity contribution is 7.21. The van der Waals surface area contributed by atoms with Gasteiger partial charge in [-0.25, -0.2) is 4.98 Å². The summed E-state index contributed by atoms with van der Waals surface area (Å²) in [6.45, 7) is 0. The van der Waals surface area contributed by atoms with Crippen molar-refractivity contribution in [2.45, 2.75) is 0 Å². The second-order valence-electron chi connectivity index (χ2n) is 8.21. The molecule has 0 saturated carbocycles. The van der Waals surface area contributed by atoms with Crippen molar-refractivity contribution in [2.24, 2.45) is 0 Å². The van der Waals surface area contributed by atoms with E-state index in [1.165, 1.54) is 11.3 Å². The lowest BCUT2D eigenvalue weighted by atomic mass is 9.98. The lowest BCUT2D eigenvalue weighted by Gasteiger charge is -2.13. The Balaban J connectivity index is 1.75. The number of ketones is 1. The molecule has 0 saturated heterocycles. The molecule has 3 aromatic carbocycles. The maximum Gasteiger partial charge on any atom is 0.205 e. The van der Waals surface area contributed by atoms with Gasteiger partial charge in [-0.3, -0.25) is 4.79 Å². The van der Waals surface area contributed by atoms with Crippen LogP contribution in [0.2, 0.25) is 5.02 Å². The summed E-state index contributed by atoms with van der Waals surface area (Å²) in [6, 6.07) is 21.9. The van der Waals surface area contributed by atoms with Crippen molar-refractivity contribution in [3.05, 3.63) is 88.3 Å². The SMILES string of the molecule is COc1ccc(C(=O)c2sc3nc(-c4cc(OC)ccc4OC)cc(-c4ccc(Cl)cc4)c3c2N)cc1. The number of aromatic nitrogens is 1. The maximum atomic E-state index is 13.5. The van der Waals surface area contributed by atoms with Gasteiger partial charge < -0.3 is 19.9 Å². The zero-order chi connectivity index (χ0) is 26.1. The number of ether oxygens (including phenoxy) is 3. The molecule has 186 valence electrons. The van der Waals surface area contributed by atoms with Crippen LogP contribution in [0.4, 0.5) is 5.69 Å². The summed E-state index contributed by atoms with van der Waals surface area (Å²) < 4.78 is 16.3. The number of nitrogen functional groups attached to an aromatic ring is 1. The van der Waals surface area contributed by atoms with Gasteiger partial charge >= 0.3 is 0 Å². The van der Waals surface area contributed by atoms with E-state index in [1.54, 1.807) is 45.6 Å². The Kier molecular flexibility index (Phi) is 6.74. The molecular weight excluding hydrogens is 508 g/mol. The molecule has 6 nitrogen and oxygen atoms in total. The topological polar surface area (TPSA) is 83.7 Å². The van der Waals surface area contributed by atoms with Crippen LogP contribution >= 0.6 is 22.9 Å². The number of methoxy groups -OCH3 is 3. The van der Waals surface area contributed by atoms with Crippen LogP contribution in [0.5, 0.6) is 17.2 Å². The van der Waals surface area contributed by atoms with Crippen LogP contribution in [0.25, 0.3) is 32.6 Å². The van der Waals surface area contributed by atoms with Crippen LogP contribution in [0.3, 0.4) is 0 Å². The number of halogens is 1. The number of pyridine rings is 1. The molecule has 37 heavy (non-hydrogen) atoms. The first kappa shape index (κ1) is 24.6. The van der Waals surface area contributed by atoms with E-state index in [0.717, 1.165) is 22.1 Å². The molecule has 0 amide bonds. The van der Waals surface area contributed by atoms with E-state index in [1.807, 2.05) is 48.5 Å². The molecule has 5 aromatic rings. The van der Waals surface area contributed by atoms with Gasteiger partial charge in [0.15, 0.2) is 0 Å². The highest BCUT2D eigenvalue weighted by atomic mass is 35.5. The van der Waals surface area contributed by atoms with Gasteiger partial charge in [-0.1, -0.05) is 23.7 Å². The van der Waals surface area contributed by atoms with E-state index in [4.69, 9.17) is 36.5 Å². The van der Waals surface area contributed by atoms with E-state index < -0.39 is 0 Å². The molecule has 0 radical (unpaired) electrons. The first-order chi connectivity index (χ1) is 17.9. The molecule has 2 N–H and O–H groups in total. The zero-order valence-corrected chi connectivity index (χ0v) is 21.9. The third-order valence-electron chi connectivity index (χ3n) is 6.10. The molecule has 2 aromatic heterocycles. The van der Waals surface area contributed by atoms with Crippen molar-refractivity contribution in [1.29, 1.82) is 0 Å². The molecule has 0 spiro atoms. The fraction of sp³-hybridized carbons (Fsp3) is 0.103. The van der Waals surface area contributed by atoms with Crippen LogP contribution in [-0.2, 0) is 0 Å². The van der Waals surface area contributed by atoms with Crippen molar-refractivity contribution >= 4 is 44.6 Å². The number of hydrogen-bond acceptors (Lipinski definition) is 7. The first-order valence-electron chi connectivity index (χ1n) is 11.3. The summed E-state index contributed by atoms with van der Waals surface area (Å²) in [5.41, 5.74) is 10.7. The third-order valence-corrected chi connectivity index (χ3v) is 7.45. The summed E-state index contributed by atoms with van der Waals surface area (Å²) in [4.78, 5) is 19.5. The third kappa shape index (κ3) is 4.59. The minimum Gasteiger partial charge on any atom is -0.497 e. The molecule has 0 atom stereocenters. The van der Waals surface area contributed by atoms with Gasteiger partial charge in [0.2, 0.25) is 5.78 Å². The lowest BCUT2D eigenvalue weighted by Crippen LogP contribution is -2.02. The van der Waals surface area contributed by atoms with E-state index >= 15 is 0 Å². The molecule has 0 fully saturated rings. The molecule has 0 bridgehead atoms. The van der Waals surface area contributed by atoms with Crippen molar-refractivity contribution in [3.8, 4) is 39.6 Å². The standard InChI is InChI=1S/C29H23ClN2O4S/c1-34-19-10-6-17(7-11-19)27(33)28-26(31)25-21(16-4-8-18(30)9-5-16)15-23(32-29(25)37-28)22-14-20(35-2)12-13-24(22)36-3/h4-15H,31H2,1-3H3. The van der Waals surface area contributed by atoms with Gasteiger partial charge in [0, 0.05) is 21.5 Å². The van der Waals surface area contributed by atoms with Crippen molar-refractivity contribution in [2.75, 3.05) is 27.1 Å². The second-order valence-corrected chi connectivity index (χ2v) is 9.65. The molecule has 2 heterocycles. The Hall–Kier alpha value is -4.07. The number of hydrogen-bond donors (Lipinski definition) is 1. The largest absolute Gasteiger partial charge is 0.497 e. The molecule has 5 rings (SSSR count). The van der Waals surface area contributed by atoms with Crippen molar-refractivity contribution < 1.29 is 19.0 Å². The number of benzene rings is 3. The smallest absolute Gasteiger partial charge is 0.205 e. The Morgan fingerprint density at radius 2 is 1.51 bits per heavy atom. The normalized spacial score (nSPS) is 10.9. The summed E-state index contributed by atoms with van der Waals surface area (Å²) in [7, 11) is 4.80. The Morgan fingerprint density at radius 1 is 0.838 bits per heavy atom. The zero-order valence-electron chi connectivity index (χ0n) is 20.4. The van der Waals surface area contributed by atoms with Crippen LogP contribution < -0.4 is 19.9 Å². The van der Waals surface area contributed by atoms with Crippen LogP contribution in [0, 0.1) is 0 Å². The number of carbonyl (C=O) groups excluding carboxylic acids is 1. The number of nitrogens with two attached hydrogens (primary N) is 1. The van der Waals surface area contributed by atoms with Gasteiger partial charge in [0.1, 0.15) is 27.0 Å². The van der Waals surface area contributed by atoms with E-state index in [-0.39, 0.29) is 5.78 Å². The number of anilines is 1. The predicted molar refractivity (Wildman–Crippen MR) is 149 cm³/mol. The highest BCUT2D eigenvalue weighted by Crippen LogP contribution is 2.44. The fourth-order valence-corrected chi connectivity index (χ4v) is 5.38. The molecule has 8 heteroatoms. The number of carbonyl (C=O) groups is 1. The quantitative estimate of drug-likeness (QED) is 0.225. The van der Waals surface area contributed by atoms with Gasteiger partial charge in [-0.2, -0.15) is 0 Å². The number of nitrogens with zero attached hydrogens (tertiary/aromatic N) is 1. The molecule has 0 aliphatic heterocycles. The Bertz CT molecular complexity index is 1610. The molecule has 0 aliphatic carbocycles. The van der Waals surface area contributed by atoms with Crippen LogP contribution in [0.1, 0.15) is 15.2 Å². The van der Waals surface area contributed by atoms with E-state index in [0.29, 0.717) is 48.9 Å². The van der Waals surface area contributed by atoms with E-state index in [2.05, 4.69) is 0 Å². The van der Waals surface area contributed by atoms with Crippen LogP contribution in [0.15, 0.2) is 72.8 Å². The van der Waals surface area contributed by atoms with Crippen molar-refractivity contribution in [1.82, 2.24) is 4.98 Å². The van der Waals surface area contributed by atoms with Crippen molar-refractivity contribution in [3.63, 3.8) is 0 Å². The molecule has 0 aliphatic rings. The predicted octanol–water partition coefficient (Wildman–Crippen LogP) is 7.12. The summed E-state index contributed by atoms with van der Waals surface area (Å²) >= 11 is 7.43. The number of thiophene rings is 1. The van der Waals surface area contributed by atoms with E-state index in [9.17, 15) is 4.79 Å². The number of rotatable bonds is 7. The fourth-order valence-electron chi connectivity index (χ4n) is 4.17. The van der Waals surface area contributed by atoms with Gasteiger partial charge in [-0.05, 0) is 71.8 Å². The Morgan fingerprint density at radius 3 is 2.16 bits per heavy atom. The summed E-state index contributed by atoms with van der Waals surface area (Å²) in [6.07, 6.45) is 0. The van der Waals surface area contributed by atoms with Gasteiger partial charge in [0.05, 0.1) is 32.7 Å². The average molecular weight is 531 g/mol. The first-order valence-corrected chi connectivity index (χ1v) is 12.5. The molecule has 0 unspecified atom stereocenters. The summed E-state index contributed by atoms with van der Waals surface area (Å²) in [5.74, 6) is 1.82. The Labute approximate surface area is 223 Å². The van der Waals surface area contributed by atoms with Gasteiger partial charge in [0.25, 0.3) is 0 Å². The maximum absolute atomic E-state index is 13.5. The lowest BCUT2D eigenvalue weighted by molar-refractivity contribution is 0.104. The average Bonchev–Trinajstić information content (AvgIpc) is 3.28.